The average molecular weight is 406 g/mol. The molecule has 26 heavy (non-hydrogen) atoms. The highest BCUT2D eigenvalue weighted by Gasteiger charge is 2.64. The summed E-state index contributed by atoms with van der Waals surface area (Å²) in [7, 11) is -9.85. The van der Waals surface area contributed by atoms with Crippen molar-refractivity contribution in [1.29, 1.82) is 0 Å². The maximum Gasteiger partial charge on any atom is 0.514 e. The van der Waals surface area contributed by atoms with Crippen molar-refractivity contribution in [3.63, 3.8) is 0 Å². The highest BCUT2D eigenvalue weighted by Crippen LogP contribution is 2.64. The van der Waals surface area contributed by atoms with Crippen LogP contribution in [0.2, 0.25) is 0 Å². The summed E-state index contributed by atoms with van der Waals surface area (Å²) in [6.45, 7) is 0.313. The van der Waals surface area contributed by atoms with Gasteiger partial charge in [-0.15, -0.1) is 0 Å². The van der Waals surface area contributed by atoms with E-state index in [4.69, 9.17) is 0 Å². The van der Waals surface area contributed by atoms with Gasteiger partial charge >= 0.3 is 23.5 Å². The molecule has 0 aliphatic carbocycles. The number of nitrogens with zero attached hydrogens (tertiary/aromatic N) is 2. The Hall–Kier alpha value is -1.87. The van der Waals surface area contributed by atoms with Crippen LogP contribution < -0.4 is 13.8 Å². The van der Waals surface area contributed by atoms with Crippen molar-refractivity contribution >= 4 is 29.3 Å². The summed E-state index contributed by atoms with van der Waals surface area (Å²) < 4.78 is 66.4. The fraction of sp³-hybridized carbons (Fsp3) is 0.200. The molecule has 0 bridgehead atoms. The molecule has 1 aliphatic heterocycles. The number of para-hydroxylation sites is 2. The van der Waals surface area contributed by atoms with Crippen LogP contribution in [0, 0.1) is 0 Å². The second kappa shape index (κ2) is 6.70. The molecular formula is C15H16F3N3O3PS+. The summed E-state index contributed by atoms with van der Waals surface area (Å²) >= 11 is 0. The van der Waals surface area contributed by atoms with Crippen LogP contribution in [0.4, 0.5) is 24.5 Å². The van der Waals surface area contributed by atoms with E-state index in [0.717, 1.165) is 0 Å². The van der Waals surface area contributed by atoms with Gasteiger partial charge in [-0.25, -0.2) is 0 Å². The molecule has 0 radical (unpaired) electrons. The first kappa shape index (κ1) is 18.9. The van der Waals surface area contributed by atoms with Gasteiger partial charge < -0.3 is 0 Å². The van der Waals surface area contributed by atoms with Crippen molar-refractivity contribution in [1.82, 2.24) is 4.49 Å². The van der Waals surface area contributed by atoms with Crippen LogP contribution in [0.15, 0.2) is 60.7 Å². The fourth-order valence-electron chi connectivity index (χ4n) is 2.69. The molecule has 11 heteroatoms. The largest absolute Gasteiger partial charge is 0.514 e. The number of hydrogen-bond acceptors (Lipinski definition) is 5. The summed E-state index contributed by atoms with van der Waals surface area (Å²) in [5, 5.41) is 0. The first-order valence-electron chi connectivity index (χ1n) is 7.53. The van der Waals surface area contributed by atoms with Gasteiger partial charge in [0, 0.05) is 0 Å². The lowest BCUT2D eigenvalue weighted by Gasteiger charge is -2.30. The minimum absolute atomic E-state index is 0.156. The smallest absolute Gasteiger partial charge is 0.199 e. The Morgan fingerprint density at radius 1 is 0.885 bits per heavy atom. The predicted molar refractivity (Wildman–Crippen MR) is 94.8 cm³/mol. The van der Waals surface area contributed by atoms with Gasteiger partial charge in [0.2, 0.25) is 0 Å². The fourth-order valence-corrected chi connectivity index (χ4v) is 7.09. The van der Waals surface area contributed by atoms with Crippen LogP contribution in [0.3, 0.4) is 0 Å². The van der Waals surface area contributed by atoms with E-state index in [9.17, 15) is 26.5 Å². The monoisotopic (exact) mass is 406 g/mol. The van der Waals surface area contributed by atoms with E-state index < -0.39 is 23.5 Å². The second-order valence-electron chi connectivity index (χ2n) is 5.53. The molecule has 1 saturated heterocycles. The summed E-state index contributed by atoms with van der Waals surface area (Å²) in [5.41, 5.74) is -4.69. The number of rotatable bonds is 4. The Morgan fingerprint density at radius 2 is 1.27 bits per heavy atom. The highest BCUT2D eigenvalue weighted by atomic mass is 32.2. The van der Waals surface area contributed by atoms with Crippen LogP contribution >= 0.6 is 7.94 Å². The molecule has 0 atom stereocenters. The van der Waals surface area contributed by atoms with E-state index in [1.165, 1.54) is 13.8 Å². The van der Waals surface area contributed by atoms with Crippen LogP contribution in [0.1, 0.15) is 0 Å². The van der Waals surface area contributed by atoms with Gasteiger partial charge in [-0.3, -0.25) is 0 Å². The van der Waals surface area contributed by atoms with Gasteiger partial charge in [-0.05, 0) is 28.8 Å². The molecule has 1 fully saturated rings. The molecule has 1 aliphatic rings. The number of alkyl halides is 3. The number of benzene rings is 2. The van der Waals surface area contributed by atoms with Gasteiger partial charge in [0.05, 0.1) is 24.5 Å². The van der Waals surface area contributed by atoms with E-state index in [1.807, 2.05) is 0 Å². The van der Waals surface area contributed by atoms with Gasteiger partial charge in [-0.2, -0.15) is 35.8 Å². The molecule has 6 nitrogen and oxygen atoms in total. The molecule has 0 saturated carbocycles. The maximum absolute atomic E-state index is 12.9. The summed E-state index contributed by atoms with van der Waals surface area (Å²) in [6, 6.07) is 16.4. The molecule has 0 aromatic heterocycles. The molecule has 2 aromatic carbocycles. The van der Waals surface area contributed by atoms with Crippen LogP contribution in [-0.4, -0.2) is 31.9 Å². The Balaban J connectivity index is 2.07. The second-order valence-corrected chi connectivity index (χ2v) is 9.83. The molecule has 1 heterocycles. The van der Waals surface area contributed by atoms with Gasteiger partial charge in [0.1, 0.15) is 0 Å². The Kier molecular flexibility index (Phi) is 4.87. The molecule has 0 amide bonds. The number of halogens is 3. The molecule has 2 N–H and O–H groups in total. The predicted octanol–water partition coefficient (Wildman–Crippen LogP) is 3.12. The first-order valence-corrected chi connectivity index (χ1v) is 10.7. The zero-order valence-electron chi connectivity index (χ0n) is 13.3. The van der Waals surface area contributed by atoms with Crippen molar-refractivity contribution in [2.45, 2.75) is 5.51 Å². The standard InChI is InChI=1S/C15H16F3N3O3PS/c16-15(17,18)26(23,24)19-25(22)20(13-7-3-1-4-8-13)11-12-21(25)14-9-5-2-6-10-14/h1-10,19,22H,11-12H2/q+1. The van der Waals surface area contributed by atoms with Crippen LogP contribution in [0.5, 0.6) is 0 Å². The topological polar surface area (TPSA) is 72.9 Å². The Bertz CT molecular complexity index is 818. The van der Waals surface area contributed by atoms with E-state index in [2.05, 4.69) is 0 Å². The lowest BCUT2D eigenvalue weighted by molar-refractivity contribution is -0.0442. The first-order chi connectivity index (χ1) is 12.2. The number of anilines is 2. The van der Waals surface area contributed by atoms with Gasteiger partial charge in [0.15, 0.2) is 0 Å². The number of nitrogens with one attached hydrogen (secondary N) is 1. The zero-order chi connectivity index (χ0) is 19.0. The number of sulfonamides is 1. The molecule has 140 valence electrons. The Morgan fingerprint density at radius 3 is 1.62 bits per heavy atom. The Labute approximate surface area is 149 Å². The lowest BCUT2D eigenvalue weighted by atomic mass is 10.3. The normalized spacial score (nSPS) is 17.5. The molecule has 3 rings (SSSR count). The molecule has 0 unspecified atom stereocenters. The van der Waals surface area contributed by atoms with E-state index >= 15 is 0 Å². The molecule has 2 aromatic rings. The third-order valence-corrected chi connectivity index (χ3v) is 8.61. The average Bonchev–Trinajstić information content (AvgIpc) is 2.91. The minimum atomic E-state index is -5.76. The van der Waals surface area contributed by atoms with Crippen molar-refractivity contribution < 1.29 is 26.5 Å². The minimum Gasteiger partial charge on any atom is -0.199 e. The lowest BCUT2D eigenvalue weighted by Crippen LogP contribution is -2.43. The zero-order valence-corrected chi connectivity index (χ0v) is 15.0. The van der Waals surface area contributed by atoms with Crippen molar-refractivity contribution in [2.75, 3.05) is 22.4 Å². The number of hydrogen-bond donors (Lipinski definition) is 2. The van der Waals surface area contributed by atoms with Crippen LogP contribution in [0.25, 0.3) is 0 Å². The summed E-state index contributed by atoms with van der Waals surface area (Å²) in [4.78, 5) is 11.2. The third kappa shape index (κ3) is 3.37. The summed E-state index contributed by atoms with van der Waals surface area (Å²) in [6.07, 6.45) is 0. The van der Waals surface area contributed by atoms with E-state index in [0.29, 0.717) is 11.4 Å². The SMILES string of the molecule is O=S(=O)(N[P+]1(O)N(c2ccccc2)CCN1c1ccccc1)C(F)(F)F. The third-order valence-electron chi connectivity index (χ3n) is 3.85. The molecule has 0 spiro atoms. The van der Waals surface area contributed by atoms with E-state index in [1.54, 1.807) is 60.7 Å². The van der Waals surface area contributed by atoms with Gasteiger partial charge in [-0.1, -0.05) is 36.4 Å². The van der Waals surface area contributed by atoms with Crippen molar-refractivity contribution in [3.05, 3.63) is 60.7 Å². The molecular weight excluding hydrogens is 390 g/mol. The van der Waals surface area contributed by atoms with Gasteiger partial charge in [0.25, 0.3) is 0 Å². The maximum atomic E-state index is 12.9. The van der Waals surface area contributed by atoms with Crippen molar-refractivity contribution in [2.24, 2.45) is 0 Å². The van der Waals surface area contributed by atoms with Crippen LogP contribution in [-0.2, 0) is 10.0 Å². The quantitative estimate of drug-likeness (QED) is 0.764. The van der Waals surface area contributed by atoms with E-state index in [-0.39, 0.29) is 13.1 Å². The highest BCUT2D eigenvalue weighted by molar-refractivity contribution is 7.98. The van der Waals surface area contributed by atoms with Crippen molar-refractivity contribution in [3.8, 4) is 0 Å². The summed E-state index contributed by atoms with van der Waals surface area (Å²) in [5.74, 6) is 0.